The van der Waals surface area contributed by atoms with Crippen LogP contribution in [0.3, 0.4) is 0 Å². The molecule has 0 aromatic heterocycles. The second-order valence-electron chi connectivity index (χ2n) is 33.8. The van der Waals surface area contributed by atoms with E-state index in [9.17, 15) is 0 Å². The molecule has 0 N–H and O–H groups in total. The van der Waals surface area contributed by atoms with E-state index in [-0.39, 0.29) is 10.8 Å². The molecule has 31 aromatic carbocycles. The van der Waals surface area contributed by atoms with Crippen LogP contribution in [0.5, 0.6) is 0 Å². The van der Waals surface area contributed by atoms with E-state index in [1.807, 2.05) is 33.4 Å². The first kappa shape index (κ1) is 34.7. The van der Waals surface area contributed by atoms with Crippen LogP contribution in [0.1, 0.15) is 83.7 Å². The van der Waals surface area contributed by atoms with Crippen LogP contribution < -0.4 is 0 Å². The van der Waals surface area contributed by atoms with Gasteiger partial charge in [-0.15, -0.1) is 0 Å². The van der Waals surface area contributed by atoms with E-state index in [2.05, 4.69) is 48.5 Å². The van der Waals surface area contributed by atoms with Gasteiger partial charge in [-0.1, -0.05) is 47.5 Å². The van der Waals surface area contributed by atoms with Crippen molar-refractivity contribution in [2.45, 2.75) is 61.2 Å². The molecular weight excluding hydrogens is 1060 g/mol. The largest absolute Gasteiger partial charge is 0.0691 e. The minimum atomic E-state index is -0.179. The lowest BCUT2D eigenvalue weighted by atomic mass is 9.42. The van der Waals surface area contributed by atoms with Gasteiger partial charge in [-0.2, -0.15) is 0 Å². The molecule has 0 saturated heterocycles. The highest BCUT2D eigenvalue weighted by Crippen LogP contribution is 2.87. The van der Waals surface area contributed by atoms with Crippen molar-refractivity contribution in [1.82, 2.24) is 0 Å². The molecule has 0 nitrogen and oxygen atoms in total. The lowest BCUT2D eigenvalue weighted by Gasteiger charge is -2.58. The Morgan fingerprint density at radius 2 is 0.523 bits per heavy atom. The van der Waals surface area contributed by atoms with Crippen LogP contribution in [-0.4, -0.2) is 0 Å². The van der Waals surface area contributed by atoms with E-state index in [1.165, 1.54) is 60.1 Å². The summed E-state index contributed by atoms with van der Waals surface area (Å²) in [4.78, 5) is 0. The summed E-state index contributed by atoms with van der Waals surface area (Å²) in [5, 5.41) is 98.7. The highest BCUT2D eigenvalue weighted by Gasteiger charge is 2.73. The van der Waals surface area contributed by atoms with E-state index in [0.717, 1.165) is 17.8 Å². The third-order valence-electron chi connectivity index (χ3n) is 33.5. The molecule has 2 fully saturated rings. The monoisotopic (exact) mass is 1080 g/mol. The van der Waals surface area contributed by atoms with Crippen molar-refractivity contribution in [2.24, 2.45) is 23.7 Å². The predicted octanol–water partition coefficient (Wildman–Crippen LogP) is 23.6. The standard InChI is InChI=1S/C88H26/c1-2-4-16-8-19-11-23-22(10-18(19)7-15(16)3-1)24-12-25(23)28-21-6-5-17(27(24)28)9-20-13-87-83-75-67-57-47-39-31-29-30-33-37-35(31)43-51-45(37)55-49-41(33)42-34(30)38-36-32(29)40(39)48-54-44(36)52-46(38)56-50(42)60-59(49)69-63(55)73-65(51)71(61(67)53(43)47)77(83)81(73)85-79(69)80-70(60)64(56)74-66(52)72-62(54)68(58(48)57)76(75)84(87)78(72)82(74)86(80)88(85,87)14-26(20)21/h1-4,7-8,10-11,17,21,24-25,27-28H,5-6,9,12-14H2/t17-,21-,24-,25+,27-,28+,87?,88?/m0/s1. The molecule has 0 amide bonds. The minimum Gasteiger partial charge on any atom is -0.0691 e. The van der Waals surface area contributed by atoms with E-state index in [4.69, 9.17) is 0 Å². The zero-order valence-corrected chi connectivity index (χ0v) is 46.3. The highest BCUT2D eigenvalue weighted by molar-refractivity contribution is 6.82. The van der Waals surface area contributed by atoms with Gasteiger partial charge in [0, 0.05) is 10.8 Å². The zero-order chi connectivity index (χ0) is 52.5. The van der Waals surface area contributed by atoms with E-state index in [1.54, 1.807) is 302 Å². The first-order valence-corrected chi connectivity index (χ1v) is 34.2. The van der Waals surface area contributed by atoms with Crippen molar-refractivity contribution in [3.63, 3.8) is 0 Å². The number of fused-ring (bicyclic) bond motifs is 8. The quantitative estimate of drug-likeness (QED) is 0.0807. The highest BCUT2D eigenvalue weighted by atomic mass is 14.7. The van der Waals surface area contributed by atoms with E-state index >= 15 is 0 Å². The van der Waals surface area contributed by atoms with Crippen LogP contribution >= 0.6 is 0 Å². The Kier molecular flexibility index (Phi) is 3.29. The molecular formula is C88H26. The minimum absolute atomic E-state index is 0.169. The van der Waals surface area contributed by atoms with Crippen LogP contribution in [0.4, 0.5) is 0 Å². The van der Waals surface area contributed by atoms with Gasteiger partial charge in [0.25, 0.3) is 0 Å². The summed E-state index contributed by atoms with van der Waals surface area (Å²) in [6.45, 7) is 0. The summed E-state index contributed by atoms with van der Waals surface area (Å²) in [6.07, 6.45) is 8.04. The molecule has 2 spiro atoms. The van der Waals surface area contributed by atoms with Gasteiger partial charge >= 0.3 is 0 Å². The molecule has 88 heavy (non-hydrogen) atoms. The van der Waals surface area contributed by atoms with Crippen molar-refractivity contribution >= 4 is 312 Å². The maximum absolute atomic E-state index is 2.75. The van der Waals surface area contributed by atoms with Gasteiger partial charge in [0.1, 0.15) is 0 Å². The van der Waals surface area contributed by atoms with E-state index < -0.39 is 0 Å². The van der Waals surface area contributed by atoms with Crippen molar-refractivity contribution in [2.75, 3.05) is 0 Å². The van der Waals surface area contributed by atoms with E-state index in [0.29, 0.717) is 17.8 Å². The van der Waals surface area contributed by atoms with Crippen molar-refractivity contribution in [3.8, 4) is 0 Å². The Bertz CT molecular complexity index is 8600. The molecule has 10 aliphatic carbocycles. The predicted molar refractivity (Wildman–Crippen MR) is 369 cm³/mol. The molecule has 0 unspecified atom stereocenters. The van der Waals surface area contributed by atoms with Gasteiger partial charge in [0.2, 0.25) is 0 Å². The average Bonchev–Trinajstić information content (AvgIpc) is 1.38. The summed E-state index contributed by atoms with van der Waals surface area (Å²) in [5.74, 6) is 4.33. The normalized spacial score (nSPS) is 28.0. The summed E-state index contributed by atoms with van der Waals surface area (Å²) < 4.78 is 0. The second-order valence-corrected chi connectivity index (χ2v) is 33.8. The Balaban J connectivity index is 0.820. The Labute approximate surface area is 487 Å². The fourth-order valence-corrected chi connectivity index (χ4v) is 33.1. The lowest BCUT2D eigenvalue weighted by Crippen LogP contribution is -2.55. The third kappa shape index (κ3) is 2.07. The van der Waals surface area contributed by atoms with Crippen LogP contribution in [0.25, 0.3) is 312 Å². The first-order valence-electron chi connectivity index (χ1n) is 34.2. The Morgan fingerprint density at radius 1 is 0.250 bits per heavy atom. The number of benzene rings is 21. The summed E-state index contributed by atoms with van der Waals surface area (Å²) >= 11 is 0. The van der Waals surface area contributed by atoms with Crippen LogP contribution in [0.2, 0.25) is 0 Å². The number of hydrogen-bond acceptors (Lipinski definition) is 0. The van der Waals surface area contributed by atoms with Crippen LogP contribution in [-0.2, 0) is 10.8 Å². The molecule has 0 radical (unpaired) electrons. The molecule has 378 valence electrons. The molecule has 0 aliphatic heterocycles. The molecule has 6 atom stereocenters. The third-order valence-corrected chi connectivity index (χ3v) is 33.5. The van der Waals surface area contributed by atoms with Gasteiger partial charge in [0.15, 0.2) is 0 Å². The average molecular weight is 1080 g/mol. The zero-order valence-electron chi connectivity index (χ0n) is 46.3. The molecule has 4 bridgehead atoms. The Morgan fingerprint density at radius 3 is 0.830 bits per heavy atom. The fourth-order valence-electron chi connectivity index (χ4n) is 33.1. The Hall–Kier alpha value is -9.62. The van der Waals surface area contributed by atoms with Crippen molar-refractivity contribution in [1.29, 1.82) is 0 Å². The second kappa shape index (κ2) is 8.36. The first-order chi connectivity index (χ1) is 43.8. The van der Waals surface area contributed by atoms with Gasteiger partial charge in [-0.3, -0.25) is 0 Å². The molecule has 31 aromatic rings. The molecule has 2 saturated carbocycles. The fraction of sp³-hybridized carbons (Fsp3) is 0.159. The summed E-state index contributed by atoms with van der Waals surface area (Å²) in [6, 6.07) is 19.7. The molecule has 10 aliphatic rings. The van der Waals surface area contributed by atoms with Crippen LogP contribution in [0.15, 0.2) is 59.7 Å². The number of hydrogen-bond donors (Lipinski definition) is 0. The smallest absolute Gasteiger partial charge is 0.0406 e. The molecule has 0 heterocycles. The summed E-state index contributed by atoms with van der Waals surface area (Å²) in [5.41, 5.74) is 14.7. The SMILES string of the molecule is c1ccc2cc3cc4c(cc3cc2c1)[C@H]1C[C@@H]4[C@@H]2[C@H]3CC[C@@H](C4=C(C3)CC35c6c7c8c9c%10c%11c(c%12c%13c3c3c6c6c%14c7c7c8c8c%10c%10c%15c%11c%11c%12c%12c%13c%13c3c3c6c6c%14c%14c7c7c8c%10c8c%10c%15c%11c%11c%12c%12c%13c3c3c6c6c%14c7c8c7c%10c%11c%12c3c67)C95C4)[C@@H]21. The lowest BCUT2D eigenvalue weighted by molar-refractivity contribution is 0.115. The van der Waals surface area contributed by atoms with Crippen molar-refractivity contribution in [3.05, 3.63) is 93.1 Å². The maximum atomic E-state index is 2.75. The maximum Gasteiger partial charge on any atom is 0.0406 e. The number of allylic oxidation sites excluding steroid dienone is 2. The molecule has 41 rings (SSSR count). The molecule has 0 heteroatoms. The van der Waals surface area contributed by atoms with Gasteiger partial charge < -0.3 is 0 Å². The van der Waals surface area contributed by atoms with Gasteiger partial charge in [-0.25, -0.2) is 0 Å². The topological polar surface area (TPSA) is 0 Å². The van der Waals surface area contributed by atoms with Crippen LogP contribution in [0, 0.1) is 23.7 Å². The number of rotatable bonds is 0. The van der Waals surface area contributed by atoms with Gasteiger partial charge in [-0.05, 0) is 432 Å². The van der Waals surface area contributed by atoms with Crippen molar-refractivity contribution < 1.29 is 0 Å². The summed E-state index contributed by atoms with van der Waals surface area (Å²) in [7, 11) is 0. The van der Waals surface area contributed by atoms with Gasteiger partial charge in [0.05, 0.1) is 0 Å².